The van der Waals surface area contributed by atoms with Crippen LogP contribution in [0.15, 0.2) is 0 Å². The molecule has 0 aromatic rings. The molecule has 0 aliphatic carbocycles. The molecule has 0 amide bonds. The highest BCUT2D eigenvalue weighted by molar-refractivity contribution is 4.95. The molecule has 14 nitrogen and oxygen atoms in total. The van der Waals surface area contributed by atoms with Crippen LogP contribution >= 0.6 is 0 Å². The van der Waals surface area contributed by atoms with Gasteiger partial charge in [0.1, 0.15) is 61.0 Å². The monoisotopic (exact) mass is 486 g/mol. The minimum atomic E-state index is -1.76. The van der Waals surface area contributed by atoms with Crippen molar-refractivity contribution in [3.63, 3.8) is 0 Å². The summed E-state index contributed by atoms with van der Waals surface area (Å²) in [6.07, 6.45) is -21.0. The van der Waals surface area contributed by atoms with Gasteiger partial charge in [-0.25, -0.2) is 0 Å². The zero-order chi connectivity index (χ0) is 24.6. The lowest BCUT2D eigenvalue weighted by Gasteiger charge is -2.47. The third-order valence-electron chi connectivity index (χ3n) is 6.23. The molecule has 0 aromatic heterocycles. The number of hydrogen-bond donors (Lipinski definition) is 8. The number of rotatable bonds is 6. The van der Waals surface area contributed by atoms with Crippen LogP contribution in [0.1, 0.15) is 13.8 Å². The van der Waals surface area contributed by atoms with E-state index in [2.05, 4.69) is 0 Å². The Hall–Kier alpha value is -0.560. The van der Waals surface area contributed by atoms with Crippen LogP contribution in [0, 0.1) is 0 Å². The van der Waals surface area contributed by atoms with Gasteiger partial charge in [0.2, 0.25) is 0 Å². The van der Waals surface area contributed by atoms with Crippen molar-refractivity contribution in [3.8, 4) is 0 Å². The van der Waals surface area contributed by atoms with E-state index in [1.165, 1.54) is 21.0 Å². The third-order valence-corrected chi connectivity index (χ3v) is 6.23. The number of aliphatic hydroxyl groups is 8. The molecule has 3 aliphatic heterocycles. The Balaban J connectivity index is 1.75. The molecule has 3 heterocycles. The van der Waals surface area contributed by atoms with Gasteiger partial charge in [-0.05, 0) is 13.8 Å². The van der Waals surface area contributed by atoms with Gasteiger partial charge in [-0.1, -0.05) is 0 Å². The predicted octanol–water partition coefficient (Wildman–Crippen LogP) is -4.86. The Kier molecular flexibility index (Phi) is 9.02. The molecule has 3 aliphatic rings. The molecule has 0 saturated carbocycles. The maximum absolute atomic E-state index is 10.8. The molecular formula is C19H34O14. The fourth-order valence-corrected chi connectivity index (χ4v) is 4.11. The van der Waals surface area contributed by atoms with Gasteiger partial charge < -0.3 is 69.3 Å². The standard InChI is InChI=1S/C19H34O14/c1-5-8(21)15(13(26)17(28-3)29-5)33-19-14(27)16(9(22)6(2)30-19)32-18-12(25)11(24)10(23)7(4-20)31-18/h5-27H,4H2,1-3H3/t5-,6-,7-,8+,9+,10+,11+,12-,13+,14+,15-,16-,17+,18-,19-/m0/s1. The molecule has 194 valence electrons. The minimum Gasteiger partial charge on any atom is -0.394 e. The molecule has 8 N–H and O–H groups in total. The smallest absolute Gasteiger partial charge is 0.187 e. The van der Waals surface area contributed by atoms with Crippen LogP contribution in [0.2, 0.25) is 0 Å². The summed E-state index contributed by atoms with van der Waals surface area (Å²) >= 11 is 0. The summed E-state index contributed by atoms with van der Waals surface area (Å²) in [4.78, 5) is 0. The van der Waals surface area contributed by atoms with E-state index in [4.69, 9.17) is 28.4 Å². The molecule has 14 heteroatoms. The summed E-state index contributed by atoms with van der Waals surface area (Å²) in [5.41, 5.74) is 0. The van der Waals surface area contributed by atoms with Gasteiger partial charge in [0, 0.05) is 7.11 Å². The second-order valence-corrected chi connectivity index (χ2v) is 8.52. The highest BCUT2D eigenvalue weighted by atomic mass is 16.7. The van der Waals surface area contributed by atoms with Crippen molar-refractivity contribution in [2.24, 2.45) is 0 Å². The summed E-state index contributed by atoms with van der Waals surface area (Å²) in [5, 5.41) is 81.6. The average molecular weight is 486 g/mol. The fraction of sp³-hybridized carbons (Fsp3) is 1.00. The van der Waals surface area contributed by atoms with Crippen molar-refractivity contribution in [3.05, 3.63) is 0 Å². The van der Waals surface area contributed by atoms with E-state index in [0.29, 0.717) is 0 Å². The Bertz CT molecular complexity index is 623. The molecule has 0 unspecified atom stereocenters. The zero-order valence-electron chi connectivity index (χ0n) is 18.4. The van der Waals surface area contributed by atoms with Crippen LogP contribution in [-0.4, -0.2) is 147 Å². The van der Waals surface area contributed by atoms with Crippen LogP contribution in [0.4, 0.5) is 0 Å². The van der Waals surface area contributed by atoms with Crippen molar-refractivity contribution in [1.29, 1.82) is 0 Å². The molecule has 3 fully saturated rings. The number of aliphatic hydroxyl groups excluding tert-OH is 8. The highest BCUT2D eigenvalue weighted by Crippen LogP contribution is 2.32. The summed E-state index contributed by atoms with van der Waals surface area (Å²) < 4.78 is 32.4. The molecule has 3 rings (SSSR count). The van der Waals surface area contributed by atoms with E-state index in [0.717, 1.165) is 0 Å². The Morgan fingerprint density at radius 1 is 0.576 bits per heavy atom. The quantitative estimate of drug-likeness (QED) is 0.177. The van der Waals surface area contributed by atoms with Crippen LogP contribution < -0.4 is 0 Å². The van der Waals surface area contributed by atoms with Gasteiger partial charge in [-0.15, -0.1) is 0 Å². The van der Waals surface area contributed by atoms with Crippen LogP contribution in [0.25, 0.3) is 0 Å². The average Bonchev–Trinajstić information content (AvgIpc) is 2.79. The van der Waals surface area contributed by atoms with E-state index in [-0.39, 0.29) is 0 Å². The first-order valence-electron chi connectivity index (χ1n) is 10.7. The first-order chi connectivity index (χ1) is 15.5. The van der Waals surface area contributed by atoms with E-state index in [1.807, 2.05) is 0 Å². The molecule has 15 atom stereocenters. The Morgan fingerprint density at radius 3 is 1.52 bits per heavy atom. The van der Waals surface area contributed by atoms with Gasteiger partial charge in [0.15, 0.2) is 18.9 Å². The van der Waals surface area contributed by atoms with E-state index >= 15 is 0 Å². The second kappa shape index (κ2) is 11.0. The maximum Gasteiger partial charge on any atom is 0.187 e. The number of hydrogen-bond acceptors (Lipinski definition) is 14. The SMILES string of the molecule is CO[C@@H]1O[C@@H](C)[C@@H](O)[C@H](O[C@@H]2O[C@@H](C)[C@@H](O)[C@H](O[C@@H]3O[C@@H](CO)[C@@H](O)[C@@H](O)[C@@H]3O)[C@H]2O)[C@H]1O. The summed E-state index contributed by atoms with van der Waals surface area (Å²) in [6, 6.07) is 0. The first kappa shape index (κ1) is 27.0. The van der Waals surface area contributed by atoms with Gasteiger partial charge in [-0.3, -0.25) is 0 Å². The lowest BCUT2D eigenvalue weighted by atomic mass is 9.96. The Morgan fingerprint density at radius 2 is 1.03 bits per heavy atom. The van der Waals surface area contributed by atoms with E-state index in [9.17, 15) is 40.9 Å². The van der Waals surface area contributed by atoms with E-state index in [1.54, 1.807) is 0 Å². The number of ether oxygens (including phenoxy) is 6. The van der Waals surface area contributed by atoms with Gasteiger partial charge >= 0.3 is 0 Å². The van der Waals surface area contributed by atoms with Crippen molar-refractivity contribution in [1.82, 2.24) is 0 Å². The molecule has 3 saturated heterocycles. The zero-order valence-corrected chi connectivity index (χ0v) is 18.4. The third kappa shape index (κ3) is 5.34. The molecular weight excluding hydrogens is 452 g/mol. The second-order valence-electron chi connectivity index (χ2n) is 8.52. The summed E-state index contributed by atoms with van der Waals surface area (Å²) in [7, 11) is 1.30. The summed E-state index contributed by atoms with van der Waals surface area (Å²) in [6.45, 7) is 2.30. The highest BCUT2D eigenvalue weighted by Gasteiger charge is 2.52. The molecule has 33 heavy (non-hydrogen) atoms. The molecule has 0 spiro atoms. The predicted molar refractivity (Wildman–Crippen MR) is 103 cm³/mol. The van der Waals surface area contributed by atoms with Crippen LogP contribution in [-0.2, 0) is 28.4 Å². The van der Waals surface area contributed by atoms with Crippen LogP contribution in [0.3, 0.4) is 0 Å². The summed E-state index contributed by atoms with van der Waals surface area (Å²) in [5.74, 6) is 0. The van der Waals surface area contributed by atoms with Crippen molar-refractivity contribution >= 4 is 0 Å². The molecule has 0 bridgehead atoms. The van der Waals surface area contributed by atoms with Crippen LogP contribution in [0.5, 0.6) is 0 Å². The molecule has 0 aromatic carbocycles. The minimum absolute atomic E-state index is 0.690. The lowest BCUT2D eigenvalue weighted by molar-refractivity contribution is -0.376. The fourth-order valence-electron chi connectivity index (χ4n) is 4.11. The van der Waals surface area contributed by atoms with Gasteiger partial charge in [-0.2, -0.15) is 0 Å². The van der Waals surface area contributed by atoms with Gasteiger partial charge in [0.25, 0.3) is 0 Å². The van der Waals surface area contributed by atoms with Gasteiger partial charge in [0.05, 0.1) is 18.8 Å². The molecule has 0 radical (unpaired) electrons. The largest absolute Gasteiger partial charge is 0.394 e. The number of methoxy groups -OCH3 is 1. The van der Waals surface area contributed by atoms with Crippen molar-refractivity contribution in [2.75, 3.05) is 13.7 Å². The first-order valence-corrected chi connectivity index (χ1v) is 10.7. The lowest BCUT2D eigenvalue weighted by Crippen LogP contribution is -2.65. The topological polar surface area (TPSA) is 217 Å². The maximum atomic E-state index is 10.8. The Labute approximate surface area is 189 Å². The normalized spacial score (nSPS) is 53.7. The van der Waals surface area contributed by atoms with Crippen molar-refractivity contribution < 1.29 is 69.3 Å². The van der Waals surface area contributed by atoms with Crippen molar-refractivity contribution in [2.45, 2.75) is 106 Å². The van der Waals surface area contributed by atoms with E-state index < -0.39 is 98.7 Å².